The Bertz CT molecular complexity index is 294. The summed E-state index contributed by atoms with van der Waals surface area (Å²) >= 11 is 0. The van der Waals surface area contributed by atoms with Crippen LogP contribution in [0.15, 0.2) is 0 Å². The summed E-state index contributed by atoms with van der Waals surface area (Å²) in [5.74, 6) is 1.02. The van der Waals surface area contributed by atoms with Gasteiger partial charge in [-0.2, -0.15) is 0 Å². The normalized spacial score (nSPS) is 22.0. The summed E-state index contributed by atoms with van der Waals surface area (Å²) in [6, 6.07) is 0. The maximum absolute atomic E-state index is 11.9. The molecule has 0 aromatic rings. The minimum Gasteiger partial charge on any atom is -0.356 e. The molecule has 2 N–H and O–H groups in total. The molecule has 1 heterocycles. The Morgan fingerprint density at radius 3 is 2.58 bits per heavy atom. The Hall–Kier alpha value is -0.610. The second-order valence-electron chi connectivity index (χ2n) is 6.73. The van der Waals surface area contributed by atoms with Crippen LogP contribution in [0.25, 0.3) is 0 Å². The standard InChI is InChI=1S/C15H29N3O/c1-15(2,13-4-3-5-13)12-17-14(19)6-9-18-10-7-16-8-11-18/h13,16H,3-12H2,1-2H3,(H,17,19). The van der Waals surface area contributed by atoms with Gasteiger partial charge in [0.15, 0.2) is 0 Å². The topological polar surface area (TPSA) is 44.4 Å². The molecule has 19 heavy (non-hydrogen) atoms. The van der Waals surface area contributed by atoms with Gasteiger partial charge in [0, 0.05) is 45.7 Å². The molecule has 0 radical (unpaired) electrons. The molecule has 0 bridgehead atoms. The van der Waals surface area contributed by atoms with Crippen LogP contribution in [0.4, 0.5) is 0 Å². The van der Waals surface area contributed by atoms with Crippen LogP contribution in [0.2, 0.25) is 0 Å². The van der Waals surface area contributed by atoms with Crippen molar-refractivity contribution in [3.05, 3.63) is 0 Å². The molecule has 0 aromatic heterocycles. The van der Waals surface area contributed by atoms with E-state index in [9.17, 15) is 4.79 Å². The van der Waals surface area contributed by atoms with Gasteiger partial charge >= 0.3 is 0 Å². The lowest BCUT2D eigenvalue weighted by atomic mass is 9.67. The van der Waals surface area contributed by atoms with E-state index in [1.807, 2.05) is 0 Å². The molecule has 0 unspecified atom stereocenters. The van der Waals surface area contributed by atoms with Crippen molar-refractivity contribution in [3.63, 3.8) is 0 Å². The zero-order valence-electron chi connectivity index (χ0n) is 12.5. The van der Waals surface area contributed by atoms with Crippen LogP contribution in [-0.4, -0.2) is 50.1 Å². The van der Waals surface area contributed by atoms with Crippen LogP contribution < -0.4 is 10.6 Å². The van der Waals surface area contributed by atoms with E-state index in [1.54, 1.807) is 0 Å². The fourth-order valence-electron chi connectivity index (χ4n) is 2.94. The van der Waals surface area contributed by atoms with Gasteiger partial charge < -0.3 is 15.5 Å². The van der Waals surface area contributed by atoms with Crippen LogP contribution >= 0.6 is 0 Å². The molecular weight excluding hydrogens is 238 g/mol. The van der Waals surface area contributed by atoms with E-state index >= 15 is 0 Å². The summed E-state index contributed by atoms with van der Waals surface area (Å²) in [6.07, 6.45) is 4.68. The summed E-state index contributed by atoms with van der Waals surface area (Å²) in [6.45, 7) is 10.5. The molecule has 1 amide bonds. The first-order chi connectivity index (χ1) is 9.08. The number of carbonyl (C=O) groups excluding carboxylic acids is 1. The number of nitrogens with zero attached hydrogens (tertiary/aromatic N) is 1. The van der Waals surface area contributed by atoms with Gasteiger partial charge in [0.2, 0.25) is 5.91 Å². The molecule has 2 fully saturated rings. The van der Waals surface area contributed by atoms with Crippen LogP contribution in [0.1, 0.15) is 39.5 Å². The zero-order chi connectivity index (χ0) is 13.7. The molecule has 4 nitrogen and oxygen atoms in total. The number of hydrogen-bond acceptors (Lipinski definition) is 3. The molecule has 2 rings (SSSR count). The van der Waals surface area contributed by atoms with E-state index in [0.29, 0.717) is 6.42 Å². The third kappa shape index (κ3) is 4.46. The molecule has 0 spiro atoms. The summed E-state index contributed by atoms with van der Waals surface area (Å²) in [5, 5.41) is 6.46. The van der Waals surface area contributed by atoms with Gasteiger partial charge in [-0.05, 0) is 24.2 Å². The highest BCUT2D eigenvalue weighted by Crippen LogP contribution is 2.41. The third-order valence-corrected chi connectivity index (χ3v) is 4.82. The smallest absolute Gasteiger partial charge is 0.221 e. The molecular formula is C15H29N3O. The average molecular weight is 267 g/mol. The maximum Gasteiger partial charge on any atom is 0.221 e. The van der Waals surface area contributed by atoms with Gasteiger partial charge in [0.1, 0.15) is 0 Å². The number of piperazine rings is 1. The number of rotatable bonds is 6. The second-order valence-corrected chi connectivity index (χ2v) is 6.73. The Labute approximate surface area is 117 Å². The van der Waals surface area contributed by atoms with Crippen molar-refractivity contribution < 1.29 is 4.79 Å². The van der Waals surface area contributed by atoms with Gasteiger partial charge in [-0.3, -0.25) is 4.79 Å². The molecule has 2 aliphatic rings. The molecule has 110 valence electrons. The molecule has 1 aliphatic carbocycles. The van der Waals surface area contributed by atoms with Gasteiger partial charge in [-0.15, -0.1) is 0 Å². The van der Waals surface area contributed by atoms with Gasteiger partial charge in [-0.1, -0.05) is 20.3 Å². The Morgan fingerprint density at radius 2 is 2.00 bits per heavy atom. The number of nitrogens with one attached hydrogen (secondary N) is 2. The van der Waals surface area contributed by atoms with E-state index in [1.165, 1.54) is 19.3 Å². The Morgan fingerprint density at radius 1 is 1.32 bits per heavy atom. The van der Waals surface area contributed by atoms with E-state index in [4.69, 9.17) is 0 Å². The number of amides is 1. The van der Waals surface area contributed by atoms with Crippen molar-refractivity contribution >= 4 is 5.91 Å². The highest BCUT2D eigenvalue weighted by Gasteiger charge is 2.33. The van der Waals surface area contributed by atoms with Crippen molar-refractivity contribution in [1.82, 2.24) is 15.5 Å². The van der Waals surface area contributed by atoms with Crippen molar-refractivity contribution in [2.24, 2.45) is 11.3 Å². The summed E-state index contributed by atoms with van der Waals surface area (Å²) in [5.41, 5.74) is 0.267. The van der Waals surface area contributed by atoms with Gasteiger partial charge in [-0.25, -0.2) is 0 Å². The first kappa shape index (κ1) is 14.8. The Kier molecular flexibility index (Phi) is 5.22. The molecule has 1 saturated heterocycles. The molecule has 1 aliphatic heterocycles. The fraction of sp³-hybridized carbons (Fsp3) is 0.933. The van der Waals surface area contributed by atoms with E-state index < -0.39 is 0 Å². The fourth-order valence-corrected chi connectivity index (χ4v) is 2.94. The quantitative estimate of drug-likeness (QED) is 0.761. The summed E-state index contributed by atoms with van der Waals surface area (Å²) in [4.78, 5) is 14.3. The van der Waals surface area contributed by atoms with E-state index in [0.717, 1.165) is 45.2 Å². The molecule has 0 aromatic carbocycles. The predicted octanol–water partition coefficient (Wildman–Crippen LogP) is 1.22. The Balaban J connectivity index is 1.61. The molecule has 4 heteroatoms. The summed E-state index contributed by atoms with van der Waals surface area (Å²) < 4.78 is 0. The van der Waals surface area contributed by atoms with Crippen molar-refractivity contribution in [1.29, 1.82) is 0 Å². The van der Waals surface area contributed by atoms with Crippen molar-refractivity contribution in [3.8, 4) is 0 Å². The zero-order valence-corrected chi connectivity index (χ0v) is 12.5. The van der Waals surface area contributed by atoms with Crippen molar-refractivity contribution in [2.75, 3.05) is 39.3 Å². The van der Waals surface area contributed by atoms with Crippen LogP contribution in [-0.2, 0) is 4.79 Å². The third-order valence-electron chi connectivity index (χ3n) is 4.82. The lowest BCUT2D eigenvalue weighted by molar-refractivity contribution is -0.122. The van der Waals surface area contributed by atoms with Crippen LogP contribution in [0.5, 0.6) is 0 Å². The number of carbonyl (C=O) groups is 1. The minimum atomic E-state index is 0.214. The first-order valence-electron chi connectivity index (χ1n) is 7.78. The highest BCUT2D eigenvalue weighted by molar-refractivity contribution is 5.76. The monoisotopic (exact) mass is 267 g/mol. The van der Waals surface area contributed by atoms with E-state index in [-0.39, 0.29) is 11.3 Å². The van der Waals surface area contributed by atoms with Crippen LogP contribution in [0, 0.1) is 11.3 Å². The lowest BCUT2D eigenvalue weighted by Gasteiger charge is -2.40. The second kappa shape index (κ2) is 6.71. The number of hydrogen-bond donors (Lipinski definition) is 2. The van der Waals surface area contributed by atoms with Gasteiger partial charge in [0.25, 0.3) is 0 Å². The average Bonchev–Trinajstić information content (AvgIpc) is 2.32. The van der Waals surface area contributed by atoms with Crippen molar-refractivity contribution in [2.45, 2.75) is 39.5 Å². The molecule has 1 saturated carbocycles. The summed E-state index contributed by atoms with van der Waals surface area (Å²) in [7, 11) is 0. The SMILES string of the molecule is CC(C)(CNC(=O)CCN1CCNCC1)C1CCC1. The largest absolute Gasteiger partial charge is 0.356 e. The van der Waals surface area contributed by atoms with Gasteiger partial charge in [0.05, 0.1) is 0 Å². The highest BCUT2D eigenvalue weighted by atomic mass is 16.1. The molecule has 0 atom stereocenters. The van der Waals surface area contributed by atoms with E-state index in [2.05, 4.69) is 29.4 Å². The predicted molar refractivity (Wildman–Crippen MR) is 78.1 cm³/mol. The lowest BCUT2D eigenvalue weighted by Crippen LogP contribution is -2.45. The minimum absolute atomic E-state index is 0.214. The maximum atomic E-state index is 11.9. The van der Waals surface area contributed by atoms with Crippen LogP contribution in [0.3, 0.4) is 0 Å². The first-order valence-corrected chi connectivity index (χ1v) is 7.78.